The third kappa shape index (κ3) is 4.08. The maximum atomic E-state index is 8.37. The van der Waals surface area contributed by atoms with Crippen LogP contribution in [0.4, 0.5) is 0 Å². The summed E-state index contributed by atoms with van der Waals surface area (Å²) in [5.41, 5.74) is 0. The van der Waals surface area contributed by atoms with E-state index in [1.165, 1.54) is 0 Å². The lowest BCUT2D eigenvalue weighted by atomic mass is 10.1. The third-order valence-corrected chi connectivity index (χ3v) is 2.41. The van der Waals surface area contributed by atoms with Crippen LogP contribution in [0.2, 0.25) is 0 Å². The van der Waals surface area contributed by atoms with Crippen molar-refractivity contribution in [3.8, 4) is 6.07 Å². The van der Waals surface area contributed by atoms with E-state index in [1.54, 1.807) is 0 Å². The van der Waals surface area contributed by atoms with Gasteiger partial charge in [0.25, 0.3) is 0 Å². The highest BCUT2D eigenvalue weighted by Crippen LogP contribution is 2.21. The lowest BCUT2D eigenvalue weighted by Gasteiger charge is -2.32. The lowest BCUT2D eigenvalue weighted by Crippen LogP contribution is -2.35. The van der Waals surface area contributed by atoms with Gasteiger partial charge in [-0.25, -0.2) is 0 Å². The molecule has 1 aliphatic heterocycles. The molecular weight excluding hydrogens is 178 g/mol. The minimum absolute atomic E-state index is 0.0487. The Morgan fingerprint density at radius 1 is 1.21 bits per heavy atom. The molecule has 0 spiro atoms. The Kier molecular flexibility index (Phi) is 4.92. The van der Waals surface area contributed by atoms with Crippen LogP contribution >= 0.6 is 0 Å². The van der Waals surface area contributed by atoms with Gasteiger partial charge in [0.05, 0.1) is 18.3 Å². The lowest BCUT2D eigenvalue weighted by molar-refractivity contribution is -0.236. The fraction of sp³-hybridized carbons (Fsp3) is 0.909. The quantitative estimate of drug-likeness (QED) is 0.650. The van der Waals surface area contributed by atoms with Crippen molar-refractivity contribution in [2.75, 3.05) is 0 Å². The summed E-state index contributed by atoms with van der Waals surface area (Å²) in [6, 6.07) is 2.14. The van der Waals surface area contributed by atoms with Gasteiger partial charge < -0.3 is 9.47 Å². The Morgan fingerprint density at radius 2 is 1.86 bits per heavy atom. The first-order valence-electron chi connectivity index (χ1n) is 5.40. The zero-order valence-electron chi connectivity index (χ0n) is 9.03. The highest BCUT2D eigenvalue weighted by atomic mass is 16.7. The highest BCUT2D eigenvalue weighted by molar-refractivity contribution is 4.69. The van der Waals surface area contributed by atoms with Crippen LogP contribution in [-0.2, 0) is 9.47 Å². The van der Waals surface area contributed by atoms with Gasteiger partial charge in [-0.05, 0) is 39.5 Å². The van der Waals surface area contributed by atoms with E-state index in [2.05, 4.69) is 19.9 Å². The van der Waals surface area contributed by atoms with E-state index in [0.717, 1.165) is 25.7 Å². The molecule has 0 aliphatic carbocycles. The fourth-order valence-corrected chi connectivity index (χ4v) is 1.78. The summed E-state index contributed by atoms with van der Waals surface area (Å²) in [6.45, 7) is 4.17. The second kappa shape index (κ2) is 6.00. The van der Waals surface area contributed by atoms with Gasteiger partial charge in [-0.15, -0.1) is 0 Å². The van der Waals surface area contributed by atoms with E-state index in [4.69, 9.17) is 14.7 Å². The zero-order chi connectivity index (χ0) is 10.4. The average Bonchev–Trinajstić information content (AvgIpc) is 2.11. The van der Waals surface area contributed by atoms with Crippen molar-refractivity contribution in [2.24, 2.45) is 0 Å². The van der Waals surface area contributed by atoms with Crippen LogP contribution in [0, 0.1) is 11.3 Å². The Bertz CT molecular complexity index is 190. The van der Waals surface area contributed by atoms with Crippen LogP contribution in [0.15, 0.2) is 0 Å². The molecule has 0 bridgehead atoms. The molecule has 2 atom stereocenters. The van der Waals surface area contributed by atoms with Crippen molar-refractivity contribution in [1.29, 1.82) is 5.26 Å². The Morgan fingerprint density at radius 3 is 2.43 bits per heavy atom. The number of ether oxygens (including phenoxy) is 2. The second-order valence-corrected chi connectivity index (χ2v) is 3.96. The molecule has 1 fully saturated rings. The number of hydrogen-bond acceptors (Lipinski definition) is 3. The topological polar surface area (TPSA) is 42.2 Å². The number of nitriles is 1. The van der Waals surface area contributed by atoms with Crippen LogP contribution in [0.3, 0.4) is 0 Å². The predicted octanol–water partition coefficient (Wildman–Crippen LogP) is 2.61. The Labute approximate surface area is 86.0 Å². The molecule has 0 aromatic heterocycles. The molecule has 1 aliphatic rings. The van der Waals surface area contributed by atoms with Gasteiger partial charge in [-0.2, -0.15) is 5.26 Å². The summed E-state index contributed by atoms with van der Waals surface area (Å²) >= 11 is 0. The molecule has 0 aromatic rings. The summed E-state index contributed by atoms with van der Waals surface area (Å²) < 4.78 is 11.3. The number of rotatable bonds is 4. The highest BCUT2D eigenvalue weighted by Gasteiger charge is 2.23. The summed E-state index contributed by atoms with van der Waals surface area (Å²) in [6.07, 6.45) is 5.05. The van der Waals surface area contributed by atoms with Gasteiger partial charge in [0, 0.05) is 6.42 Å². The Balaban J connectivity index is 2.14. The second-order valence-electron chi connectivity index (χ2n) is 3.96. The van der Waals surface area contributed by atoms with Crippen molar-refractivity contribution in [2.45, 2.75) is 64.4 Å². The maximum Gasteiger partial charge on any atom is 0.158 e. The number of nitrogens with zero attached hydrogens (tertiary/aromatic N) is 1. The van der Waals surface area contributed by atoms with Gasteiger partial charge >= 0.3 is 0 Å². The fourth-order valence-electron chi connectivity index (χ4n) is 1.78. The van der Waals surface area contributed by atoms with Gasteiger partial charge in [0.2, 0.25) is 0 Å². The molecule has 14 heavy (non-hydrogen) atoms. The molecule has 1 heterocycles. The van der Waals surface area contributed by atoms with E-state index in [1.807, 2.05) is 0 Å². The minimum Gasteiger partial charge on any atom is -0.350 e. The summed E-state index contributed by atoms with van der Waals surface area (Å²) in [5.74, 6) is 0. The molecule has 0 aromatic carbocycles. The SMILES string of the molecule is C[C@@H]1C[C@@H](C)OC(CCCCC#N)O1. The van der Waals surface area contributed by atoms with E-state index < -0.39 is 0 Å². The molecule has 0 radical (unpaired) electrons. The molecule has 3 nitrogen and oxygen atoms in total. The van der Waals surface area contributed by atoms with Gasteiger partial charge in [0.1, 0.15) is 0 Å². The molecule has 0 saturated carbocycles. The predicted molar refractivity (Wildman–Crippen MR) is 53.6 cm³/mol. The van der Waals surface area contributed by atoms with E-state index in [9.17, 15) is 0 Å². The molecule has 0 unspecified atom stereocenters. The minimum atomic E-state index is -0.0487. The summed E-state index contributed by atoms with van der Waals surface area (Å²) in [5, 5.41) is 8.37. The summed E-state index contributed by atoms with van der Waals surface area (Å²) in [4.78, 5) is 0. The van der Waals surface area contributed by atoms with Crippen LogP contribution < -0.4 is 0 Å². The van der Waals surface area contributed by atoms with E-state index in [-0.39, 0.29) is 6.29 Å². The number of unbranched alkanes of at least 4 members (excludes halogenated alkanes) is 2. The van der Waals surface area contributed by atoms with E-state index in [0.29, 0.717) is 18.6 Å². The van der Waals surface area contributed by atoms with E-state index >= 15 is 0 Å². The summed E-state index contributed by atoms with van der Waals surface area (Å²) in [7, 11) is 0. The van der Waals surface area contributed by atoms with Crippen LogP contribution in [-0.4, -0.2) is 18.5 Å². The first kappa shape index (κ1) is 11.5. The zero-order valence-corrected chi connectivity index (χ0v) is 9.03. The Hall–Kier alpha value is -0.590. The van der Waals surface area contributed by atoms with Gasteiger partial charge in [-0.3, -0.25) is 0 Å². The van der Waals surface area contributed by atoms with Crippen molar-refractivity contribution in [3.05, 3.63) is 0 Å². The average molecular weight is 197 g/mol. The molecule has 3 heteroatoms. The third-order valence-electron chi connectivity index (χ3n) is 2.41. The first-order valence-corrected chi connectivity index (χ1v) is 5.40. The molecule has 0 amide bonds. The first-order chi connectivity index (χ1) is 6.72. The van der Waals surface area contributed by atoms with Crippen molar-refractivity contribution in [3.63, 3.8) is 0 Å². The molecular formula is C11H19NO2. The van der Waals surface area contributed by atoms with Gasteiger partial charge in [0.15, 0.2) is 6.29 Å². The molecule has 1 saturated heterocycles. The van der Waals surface area contributed by atoms with Crippen LogP contribution in [0.25, 0.3) is 0 Å². The van der Waals surface area contributed by atoms with Gasteiger partial charge in [-0.1, -0.05) is 0 Å². The van der Waals surface area contributed by atoms with Crippen LogP contribution in [0.1, 0.15) is 46.0 Å². The normalized spacial score (nSPS) is 32.5. The largest absolute Gasteiger partial charge is 0.350 e. The smallest absolute Gasteiger partial charge is 0.158 e. The molecule has 80 valence electrons. The molecule has 0 N–H and O–H groups in total. The molecule has 1 rings (SSSR count). The van der Waals surface area contributed by atoms with Crippen molar-refractivity contribution < 1.29 is 9.47 Å². The van der Waals surface area contributed by atoms with Crippen molar-refractivity contribution >= 4 is 0 Å². The monoisotopic (exact) mass is 197 g/mol. The standard InChI is InChI=1S/C11H19NO2/c1-9-8-10(2)14-11(13-9)6-4-3-5-7-12/h9-11H,3-6,8H2,1-2H3/t9-,10-/m1/s1. The maximum absolute atomic E-state index is 8.37. The van der Waals surface area contributed by atoms with Crippen molar-refractivity contribution in [1.82, 2.24) is 0 Å². The number of hydrogen-bond donors (Lipinski definition) is 0. The van der Waals surface area contributed by atoms with Crippen LogP contribution in [0.5, 0.6) is 0 Å².